The number of carbonyl (C=O) groups excluding carboxylic acids is 3. The maximum absolute atomic E-state index is 11.9. The fourth-order valence-electron chi connectivity index (χ4n) is 1.86. The molecule has 1 heterocycles. The quantitative estimate of drug-likeness (QED) is 0.607. The van der Waals surface area contributed by atoms with Crippen molar-refractivity contribution in [1.29, 1.82) is 0 Å². The van der Waals surface area contributed by atoms with Crippen LogP contribution in [-0.2, 0) is 14.3 Å². The minimum Gasteiger partial charge on any atom is -0.465 e. The van der Waals surface area contributed by atoms with Crippen LogP contribution in [0.15, 0.2) is 36.4 Å². The van der Waals surface area contributed by atoms with Crippen molar-refractivity contribution in [3.05, 3.63) is 41.3 Å². The standard InChI is InChI=1S/C15H13NO4S/c1-20-15(19)14-12(16(10-18)7-8-17)9-13(21-14)11-5-3-2-4-6-11/h2-6,8-10H,7H2,1H3. The second kappa shape index (κ2) is 6.81. The van der Waals surface area contributed by atoms with Crippen molar-refractivity contribution in [2.24, 2.45) is 0 Å². The number of methoxy groups -OCH3 is 1. The summed E-state index contributed by atoms with van der Waals surface area (Å²) in [6.45, 7) is -0.113. The third-order valence-corrected chi connectivity index (χ3v) is 4.00. The highest BCUT2D eigenvalue weighted by Crippen LogP contribution is 2.36. The molecule has 0 saturated heterocycles. The predicted molar refractivity (Wildman–Crippen MR) is 80.6 cm³/mol. The Hall–Kier alpha value is -2.47. The Balaban J connectivity index is 2.52. The summed E-state index contributed by atoms with van der Waals surface area (Å²) in [6.07, 6.45) is 1.13. The van der Waals surface area contributed by atoms with E-state index in [9.17, 15) is 14.4 Å². The summed E-state index contributed by atoms with van der Waals surface area (Å²) in [7, 11) is 1.28. The first kappa shape index (κ1) is 14.9. The molecule has 21 heavy (non-hydrogen) atoms. The zero-order valence-electron chi connectivity index (χ0n) is 11.3. The molecule has 108 valence electrons. The smallest absolute Gasteiger partial charge is 0.350 e. The van der Waals surface area contributed by atoms with Crippen molar-refractivity contribution in [3.63, 3.8) is 0 Å². The number of rotatable bonds is 6. The van der Waals surface area contributed by atoms with E-state index < -0.39 is 5.97 Å². The molecule has 0 aliphatic heterocycles. The number of esters is 1. The molecule has 6 heteroatoms. The van der Waals surface area contributed by atoms with Gasteiger partial charge < -0.3 is 14.4 Å². The normalized spacial score (nSPS) is 9.95. The zero-order valence-corrected chi connectivity index (χ0v) is 12.1. The highest BCUT2D eigenvalue weighted by molar-refractivity contribution is 7.18. The number of carbonyl (C=O) groups is 3. The van der Waals surface area contributed by atoms with E-state index >= 15 is 0 Å². The summed E-state index contributed by atoms with van der Waals surface area (Å²) in [5.74, 6) is -0.532. The maximum Gasteiger partial charge on any atom is 0.350 e. The molecule has 0 fully saturated rings. The van der Waals surface area contributed by atoms with E-state index in [0.717, 1.165) is 10.4 Å². The Morgan fingerprint density at radius 3 is 2.57 bits per heavy atom. The molecule has 1 aromatic carbocycles. The van der Waals surface area contributed by atoms with Crippen LogP contribution in [0.4, 0.5) is 5.69 Å². The van der Waals surface area contributed by atoms with Crippen molar-refractivity contribution in [1.82, 2.24) is 0 Å². The lowest BCUT2D eigenvalue weighted by molar-refractivity contribution is -0.111. The third-order valence-electron chi connectivity index (χ3n) is 2.85. The number of anilines is 1. The number of nitrogens with zero attached hydrogens (tertiary/aromatic N) is 1. The monoisotopic (exact) mass is 303 g/mol. The first-order valence-corrected chi connectivity index (χ1v) is 6.96. The Kier molecular flexibility index (Phi) is 4.84. The summed E-state index contributed by atoms with van der Waals surface area (Å²) in [6, 6.07) is 11.2. The van der Waals surface area contributed by atoms with Crippen LogP contribution in [0, 0.1) is 0 Å². The Morgan fingerprint density at radius 1 is 1.29 bits per heavy atom. The molecular formula is C15H13NO4S. The van der Waals surface area contributed by atoms with Gasteiger partial charge in [0.15, 0.2) is 0 Å². The average Bonchev–Trinajstić information content (AvgIpc) is 2.97. The number of hydrogen-bond acceptors (Lipinski definition) is 5. The van der Waals surface area contributed by atoms with Crippen molar-refractivity contribution in [3.8, 4) is 10.4 Å². The molecule has 5 nitrogen and oxygen atoms in total. The maximum atomic E-state index is 11.9. The van der Waals surface area contributed by atoms with Crippen molar-refractivity contribution < 1.29 is 19.1 Å². The number of benzene rings is 1. The number of ether oxygens (including phenoxy) is 1. The molecule has 0 N–H and O–H groups in total. The highest BCUT2D eigenvalue weighted by Gasteiger charge is 2.21. The van der Waals surface area contributed by atoms with Crippen molar-refractivity contribution >= 4 is 35.7 Å². The minimum absolute atomic E-state index is 0.113. The molecule has 0 aliphatic carbocycles. The first-order valence-electron chi connectivity index (χ1n) is 6.14. The van der Waals surface area contributed by atoms with E-state index in [1.54, 1.807) is 6.07 Å². The average molecular weight is 303 g/mol. The number of thiophene rings is 1. The molecule has 2 aromatic rings. The Labute approximate surface area is 125 Å². The van der Waals surface area contributed by atoms with Crippen LogP contribution in [0.5, 0.6) is 0 Å². The number of hydrogen-bond donors (Lipinski definition) is 0. The van der Waals surface area contributed by atoms with Gasteiger partial charge in [-0.05, 0) is 11.6 Å². The van der Waals surface area contributed by atoms with Crippen LogP contribution in [0.2, 0.25) is 0 Å². The van der Waals surface area contributed by atoms with Crippen LogP contribution < -0.4 is 4.90 Å². The fraction of sp³-hybridized carbons (Fsp3) is 0.133. The lowest BCUT2D eigenvalue weighted by Crippen LogP contribution is -2.24. The van der Waals surface area contributed by atoms with Gasteiger partial charge in [-0.15, -0.1) is 11.3 Å². The first-order chi connectivity index (χ1) is 10.2. The Bertz CT molecular complexity index is 651. The second-order valence-corrected chi connectivity index (χ2v) is 5.16. The molecule has 0 radical (unpaired) electrons. The van der Waals surface area contributed by atoms with E-state index in [0.29, 0.717) is 23.3 Å². The molecule has 0 atom stereocenters. The SMILES string of the molecule is COC(=O)c1sc(-c2ccccc2)cc1N(C=O)CC=O. The van der Waals surface area contributed by atoms with Gasteiger partial charge in [-0.1, -0.05) is 30.3 Å². The molecular weight excluding hydrogens is 290 g/mol. The van der Waals surface area contributed by atoms with Crippen LogP contribution >= 0.6 is 11.3 Å². The number of aldehydes is 1. The summed E-state index contributed by atoms with van der Waals surface area (Å²) in [5.41, 5.74) is 1.31. The predicted octanol–water partition coefficient (Wildman–Crippen LogP) is 2.36. The van der Waals surface area contributed by atoms with Gasteiger partial charge in [-0.2, -0.15) is 0 Å². The van der Waals surface area contributed by atoms with Gasteiger partial charge in [0.2, 0.25) is 6.41 Å². The molecule has 0 saturated carbocycles. The van der Waals surface area contributed by atoms with Crippen LogP contribution in [-0.4, -0.2) is 32.3 Å². The molecule has 2 rings (SSSR count). The van der Waals surface area contributed by atoms with Gasteiger partial charge in [-0.25, -0.2) is 4.79 Å². The molecule has 0 spiro atoms. The highest BCUT2D eigenvalue weighted by atomic mass is 32.1. The molecule has 1 aromatic heterocycles. The van der Waals surface area contributed by atoms with Crippen LogP contribution in [0.1, 0.15) is 9.67 Å². The molecule has 0 bridgehead atoms. The van der Waals surface area contributed by atoms with Gasteiger partial charge in [0.05, 0.1) is 19.3 Å². The van der Waals surface area contributed by atoms with Gasteiger partial charge in [0.1, 0.15) is 11.2 Å². The summed E-state index contributed by atoms with van der Waals surface area (Å²) < 4.78 is 4.74. The van der Waals surface area contributed by atoms with E-state index in [-0.39, 0.29) is 6.54 Å². The van der Waals surface area contributed by atoms with Gasteiger partial charge >= 0.3 is 5.97 Å². The largest absolute Gasteiger partial charge is 0.465 e. The lowest BCUT2D eigenvalue weighted by atomic mass is 10.2. The van der Waals surface area contributed by atoms with Crippen molar-refractivity contribution in [2.45, 2.75) is 0 Å². The fourth-order valence-corrected chi connectivity index (χ4v) is 2.95. The summed E-state index contributed by atoms with van der Waals surface area (Å²) in [5, 5.41) is 0. The lowest BCUT2D eigenvalue weighted by Gasteiger charge is -2.13. The van der Waals surface area contributed by atoms with Gasteiger partial charge in [0, 0.05) is 4.88 Å². The minimum atomic E-state index is -0.532. The van der Waals surface area contributed by atoms with E-state index in [2.05, 4.69) is 0 Å². The Morgan fingerprint density at radius 2 is 2.00 bits per heavy atom. The number of amides is 1. The van der Waals surface area contributed by atoms with Gasteiger partial charge in [0.25, 0.3) is 0 Å². The third kappa shape index (κ3) is 3.17. The van der Waals surface area contributed by atoms with Crippen LogP contribution in [0.3, 0.4) is 0 Å². The van der Waals surface area contributed by atoms with E-state index in [1.807, 2.05) is 30.3 Å². The molecule has 1 amide bonds. The van der Waals surface area contributed by atoms with Crippen LogP contribution in [0.25, 0.3) is 10.4 Å². The van der Waals surface area contributed by atoms with Gasteiger partial charge in [-0.3, -0.25) is 4.79 Å². The molecule has 0 unspecified atom stereocenters. The molecule has 0 aliphatic rings. The topological polar surface area (TPSA) is 63.7 Å². The van der Waals surface area contributed by atoms with E-state index in [1.165, 1.54) is 23.3 Å². The summed E-state index contributed by atoms with van der Waals surface area (Å²) in [4.78, 5) is 35.9. The van der Waals surface area contributed by atoms with Crippen molar-refractivity contribution in [2.75, 3.05) is 18.6 Å². The summed E-state index contributed by atoms with van der Waals surface area (Å²) >= 11 is 1.22. The second-order valence-electron chi connectivity index (χ2n) is 4.11. The van der Waals surface area contributed by atoms with E-state index in [4.69, 9.17) is 4.74 Å². The zero-order chi connectivity index (χ0) is 15.2.